The smallest absolute Gasteiger partial charge is 0.226 e. The minimum atomic E-state index is 0.154. The predicted octanol–water partition coefficient (Wildman–Crippen LogP) is 2.81. The number of anilines is 2. The first-order chi connectivity index (χ1) is 8.70. The number of nitrogens with zero attached hydrogens (tertiary/aromatic N) is 2. The van der Waals surface area contributed by atoms with Crippen molar-refractivity contribution < 1.29 is 4.79 Å². The van der Waals surface area contributed by atoms with Gasteiger partial charge in [-0.25, -0.2) is 4.98 Å². The van der Waals surface area contributed by atoms with E-state index in [0.717, 1.165) is 24.3 Å². The highest BCUT2D eigenvalue weighted by atomic mass is 16.2. The van der Waals surface area contributed by atoms with Gasteiger partial charge in [-0.15, -0.1) is 0 Å². The second-order valence-corrected chi connectivity index (χ2v) is 4.88. The Bertz CT molecular complexity index is 398. The molecule has 0 aliphatic heterocycles. The molecular formula is C14H21N3O. The Hall–Kier alpha value is -1.58. The lowest BCUT2D eigenvalue weighted by molar-refractivity contribution is -0.118. The van der Waals surface area contributed by atoms with Crippen LogP contribution < -0.4 is 10.2 Å². The van der Waals surface area contributed by atoms with E-state index in [0.29, 0.717) is 12.5 Å². The van der Waals surface area contributed by atoms with Crippen molar-refractivity contribution in [1.29, 1.82) is 0 Å². The topological polar surface area (TPSA) is 45.2 Å². The van der Waals surface area contributed by atoms with E-state index in [2.05, 4.69) is 17.2 Å². The Balaban J connectivity index is 1.92. The van der Waals surface area contributed by atoms with Crippen LogP contribution in [0.25, 0.3) is 0 Å². The van der Waals surface area contributed by atoms with Crippen molar-refractivity contribution in [3.8, 4) is 0 Å². The van der Waals surface area contributed by atoms with E-state index in [1.54, 1.807) is 11.1 Å². The first kappa shape index (κ1) is 12.9. The molecule has 0 aromatic carbocycles. The molecule has 1 amide bonds. The Morgan fingerprint density at radius 1 is 1.50 bits per heavy atom. The quantitative estimate of drug-likeness (QED) is 0.840. The molecule has 1 aliphatic rings. The lowest BCUT2D eigenvalue weighted by atomic mass is 10.2. The Labute approximate surface area is 108 Å². The van der Waals surface area contributed by atoms with Crippen molar-refractivity contribution in [2.24, 2.45) is 0 Å². The van der Waals surface area contributed by atoms with Gasteiger partial charge in [-0.2, -0.15) is 0 Å². The van der Waals surface area contributed by atoms with E-state index in [-0.39, 0.29) is 5.91 Å². The zero-order chi connectivity index (χ0) is 13.0. The average molecular weight is 247 g/mol. The number of rotatable bonds is 6. The summed E-state index contributed by atoms with van der Waals surface area (Å²) in [5, 5.41) is 3.33. The minimum absolute atomic E-state index is 0.154. The molecule has 2 rings (SSSR count). The molecule has 1 aromatic rings. The summed E-state index contributed by atoms with van der Waals surface area (Å²) in [5.41, 5.74) is 0.859. The second-order valence-electron chi connectivity index (χ2n) is 4.88. The van der Waals surface area contributed by atoms with E-state index in [4.69, 9.17) is 0 Å². The van der Waals surface area contributed by atoms with Crippen LogP contribution in [0.3, 0.4) is 0 Å². The zero-order valence-electron chi connectivity index (χ0n) is 11.1. The number of pyridine rings is 1. The minimum Gasteiger partial charge on any atom is -0.367 e. The van der Waals surface area contributed by atoms with Crippen molar-refractivity contribution in [3.63, 3.8) is 0 Å². The van der Waals surface area contributed by atoms with Crippen LogP contribution in [-0.4, -0.2) is 24.0 Å². The molecule has 1 aromatic heterocycles. The Morgan fingerprint density at radius 2 is 2.28 bits per heavy atom. The average Bonchev–Trinajstić information content (AvgIpc) is 3.20. The third kappa shape index (κ3) is 3.45. The number of nitrogens with one attached hydrogen (secondary N) is 1. The number of hydrogen-bond acceptors (Lipinski definition) is 3. The van der Waals surface area contributed by atoms with Gasteiger partial charge in [0.05, 0.1) is 11.9 Å². The number of amides is 1. The largest absolute Gasteiger partial charge is 0.367 e. The van der Waals surface area contributed by atoms with Gasteiger partial charge < -0.3 is 10.2 Å². The maximum absolute atomic E-state index is 11.9. The first-order valence-electron chi connectivity index (χ1n) is 6.70. The van der Waals surface area contributed by atoms with Crippen LogP contribution in [0.15, 0.2) is 18.3 Å². The molecule has 1 saturated carbocycles. The van der Waals surface area contributed by atoms with E-state index >= 15 is 0 Å². The first-order valence-corrected chi connectivity index (χ1v) is 6.70. The van der Waals surface area contributed by atoms with Gasteiger partial charge in [-0.05, 0) is 31.4 Å². The number of aromatic nitrogens is 1. The molecule has 98 valence electrons. The maximum atomic E-state index is 11.9. The van der Waals surface area contributed by atoms with E-state index in [9.17, 15) is 4.79 Å². The van der Waals surface area contributed by atoms with Gasteiger partial charge in [0.15, 0.2) is 0 Å². The van der Waals surface area contributed by atoms with E-state index in [1.165, 1.54) is 12.8 Å². The van der Waals surface area contributed by atoms with Crippen LogP contribution in [0, 0.1) is 0 Å². The van der Waals surface area contributed by atoms with Crippen molar-refractivity contribution in [3.05, 3.63) is 18.3 Å². The van der Waals surface area contributed by atoms with Crippen LogP contribution in [0.1, 0.15) is 39.0 Å². The van der Waals surface area contributed by atoms with Crippen molar-refractivity contribution >= 4 is 17.4 Å². The molecule has 1 heterocycles. The Kier molecular flexibility index (Phi) is 4.18. The fourth-order valence-electron chi connectivity index (χ4n) is 1.75. The van der Waals surface area contributed by atoms with Gasteiger partial charge in [0.25, 0.3) is 0 Å². The fourth-order valence-corrected chi connectivity index (χ4v) is 1.75. The van der Waals surface area contributed by atoms with Crippen molar-refractivity contribution in [1.82, 2.24) is 4.98 Å². The molecule has 0 spiro atoms. The number of unbranched alkanes of at least 4 members (excludes halogenated alkanes) is 1. The summed E-state index contributed by atoms with van der Waals surface area (Å²) in [4.78, 5) is 17.9. The molecule has 18 heavy (non-hydrogen) atoms. The summed E-state index contributed by atoms with van der Waals surface area (Å²) in [5.74, 6) is 1.05. The highest BCUT2D eigenvalue weighted by Gasteiger charge is 2.21. The lowest BCUT2D eigenvalue weighted by Gasteiger charge is -2.17. The highest BCUT2D eigenvalue weighted by molar-refractivity contribution is 5.92. The molecule has 1 fully saturated rings. The zero-order valence-corrected chi connectivity index (χ0v) is 11.1. The van der Waals surface area contributed by atoms with Gasteiger partial charge in [0, 0.05) is 19.5 Å². The molecule has 0 bridgehead atoms. The summed E-state index contributed by atoms with van der Waals surface area (Å²) >= 11 is 0. The third-order valence-electron chi connectivity index (χ3n) is 3.18. The SMILES string of the molecule is CCCCC(=O)N(C)c1ccc(NC2CC2)nc1. The predicted molar refractivity (Wildman–Crippen MR) is 73.8 cm³/mol. The number of carbonyl (C=O) groups is 1. The monoisotopic (exact) mass is 247 g/mol. The van der Waals surface area contributed by atoms with Crippen LogP contribution in [0.5, 0.6) is 0 Å². The molecule has 0 atom stereocenters. The number of hydrogen-bond donors (Lipinski definition) is 1. The highest BCUT2D eigenvalue weighted by Crippen LogP contribution is 2.24. The molecule has 1 aliphatic carbocycles. The maximum Gasteiger partial charge on any atom is 0.226 e. The van der Waals surface area contributed by atoms with Gasteiger partial charge in [0.2, 0.25) is 5.91 Å². The summed E-state index contributed by atoms with van der Waals surface area (Å²) in [6, 6.07) is 4.49. The fraction of sp³-hybridized carbons (Fsp3) is 0.571. The molecular weight excluding hydrogens is 226 g/mol. The van der Waals surface area contributed by atoms with Crippen LogP contribution in [-0.2, 0) is 4.79 Å². The molecule has 1 N–H and O–H groups in total. The van der Waals surface area contributed by atoms with Gasteiger partial charge in [-0.3, -0.25) is 4.79 Å². The Morgan fingerprint density at radius 3 is 2.83 bits per heavy atom. The number of carbonyl (C=O) groups excluding carboxylic acids is 1. The van der Waals surface area contributed by atoms with E-state index in [1.807, 2.05) is 19.2 Å². The molecule has 0 saturated heterocycles. The van der Waals surface area contributed by atoms with Gasteiger partial charge in [0.1, 0.15) is 5.82 Å². The van der Waals surface area contributed by atoms with Crippen LogP contribution >= 0.6 is 0 Å². The lowest BCUT2D eigenvalue weighted by Crippen LogP contribution is -2.25. The van der Waals surface area contributed by atoms with Crippen LogP contribution in [0.2, 0.25) is 0 Å². The van der Waals surface area contributed by atoms with E-state index < -0.39 is 0 Å². The molecule has 0 unspecified atom stereocenters. The van der Waals surface area contributed by atoms with Crippen molar-refractivity contribution in [2.45, 2.75) is 45.1 Å². The molecule has 4 heteroatoms. The van der Waals surface area contributed by atoms with Crippen molar-refractivity contribution in [2.75, 3.05) is 17.3 Å². The van der Waals surface area contributed by atoms with Crippen LogP contribution in [0.4, 0.5) is 11.5 Å². The summed E-state index contributed by atoms with van der Waals surface area (Å²) in [6.45, 7) is 2.09. The normalized spacial score (nSPS) is 14.3. The van der Waals surface area contributed by atoms with Gasteiger partial charge in [-0.1, -0.05) is 13.3 Å². The summed E-state index contributed by atoms with van der Waals surface area (Å²) < 4.78 is 0. The summed E-state index contributed by atoms with van der Waals surface area (Å²) in [7, 11) is 1.81. The second kappa shape index (κ2) is 5.85. The standard InChI is InChI=1S/C14H21N3O/c1-3-4-5-14(18)17(2)12-8-9-13(15-10-12)16-11-6-7-11/h8-11H,3-7H2,1-2H3,(H,15,16). The molecule has 4 nitrogen and oxygen atoms in total. The van der Waals surface area contributed by atoms with Gasteiger partial charge >= 0.3 is 0 Å². The molecule has 0 radical (unpaired) electrons. The third-order valence-corrected chi connectivity index (χ3v) is 3.18. The summed E-state index contributed by atoms with van der Waals surface area (Å²) in [6.07, 6.45) is 6.82.